The van der Waals surface area contributed by atoms with Crippen LogP contribution in [-0.4, -0.2) is 111 Å². The van der Waals surface area contributed by atoms with Gasteiger partial charge in [0.05, 0.1) is 31.4 Å². The van der Waals surface area contributed by atoms with E-state index < -0.39 is 74.0 Å². The standard InChI is InChI=1S/C38H46ClN3O11Si/c1-21-34(54(2,3)51)28(18-29(44)41(14-15-43)19-22-8-5-4-6-9-22)53-38(21)26-17-24(39)12-13-27(26)42(37(38)50)20-23-10-7-11-25(16-23)40-35(48)33-31(46)30(45)32(47)36(49)52-33/h4-13,16-17,21,28,30-34,36,43,45-47,49,51H,14-15,18-20H2,1-3H3,(H,40,48)/t21-,28+,30-,31-,32+,33-,34-,36+,38+/m0/s1. The number of carbonyl (C=O) groups is 3. The van der Waals surface area contributed by atoms with Crippen molar-refractivity contribution in [1.29, 1.82) is 0 Å². The fourth-order valence-electron chi connectivity index (χ4n) is 8.15. The zero-order valence-electron chi connectivity index (χ0n) is 30.1. The Morgan fingerprint density at radius 1 is 0.963 bits per heavy atom. The number of nitrogens with one attached hydrogen (secondary N) is 1. The number of anilines is 2. The number of fused-ring (bicyclic) bond motifs is 2. The van der Waals surface area contributed by atoms with E-state index in [9.17, 15) is 44.7 Å². The molecular weight excluding hydrogens is 738 g/mol. The monoisotopic (exact) mass is 783 g/mol. The lowest BCUT2D eigenvalue weighted by Crippen LogP contribution is -2.60. The first kappa shape index (κ1) is 39.9. The van der Waals surface area contributed by atoms with E-state index in [1.807, 2.05) is 37.3 Å². The number of benzene rings is 3. The van der Waals surface area contributed by atoms with Crippen molar-refractivity contribution < 1.29 is 54.2 Å². The second-order valence-electron chi connectivity index (χ2n) is 14.8. The molecule has 3 heterocycles. The lowest BCUT2D eigenvalue weighted by molar-refractivity contribution is -0.274. The average molecular weight is 784 g/mol. The molecule has 3 amide bonds. The predicted molar refractivity (Wildman–Crippen MR) is 199 cm³/mol. The number of halogens is 1. The first-order valence-corrected chi connectivity index (χ1v) is 21.2. The molecule has 1 spiro atoms. The van der Waals surface area contributed by atoms with Crippen LogP contribution in [0.15, 0.2) is 72.8 Å². The Hall–Kier alpha value is -3.74. The van der Waals surface area contributed by atoms with Gasteiger partial charge in [0.15, 0.2) is 26.3 Å². The molecule has 3 aromatic carbocycles. The van der Waals surface area contributed by atoms with E-state index in [1.165, 1.54) is 0 Å². The number of rotatable bonds is 11. The fourth-order valence-corrected chi connectivity index (χ4v) is 10.9. The van der Waals surface area contributed by atoms with Crippen LogP contribution in [0.1, 0.15) is 30.0 Å². The summed E-state index contributed by atoms with van der Waals surface area (Å²) in [5, 5.41) is 52.8. The van der Waals surface area contributed by atoms with Gasteiger partial charge in [0.25, 0.3) is 11.8 Å². The molecule has 0 aliphatic carbocycles. The second kappa shape index (κ2) is 15.8. The molecule has 2 saturated heterocycles. The van der Waals surface area contributed by atoms with Crippen molar-refractivity contribution in [2.75, 3.05) is 23.4 Å². The van der Waals surface area contributed by atoms with Gasteiger partial charge in [0.2, 0.25) is 5.91 Å². The maximum atomic E-state index is 14.9. The smallest absolute Gasteiger partial charge is 0.264 e. The van der Waals surface area contributed by atoms with Gasteiger partial charge < -0.3 is 54.9 Å². The Balaban J connectivity index is 1.27. The van der Waals surface area contributed by atoms with Gasteiger partial charge >= 0.3 is 0 Å². The summed E-state index contributed by atoms with van der Waals surface area (Å²) in [5.41, 5.74) is 0.646. The quantitative estimate of drug-likeness (QED) is 0.140. The number of aliphatic hydroxyl groups excluding tert-OH is 5. The van der Waals surface area contributed by atoms with E-state index in [-0.39, 0.29) is 44.3 Å². The maximum Gasteiger partial charge on any atom is 0.264 e. The molecule has 0 aromatic heterocycles. The summed E-state index contributed by atoms with van der Waals surface area (Å²) in [4.78, 5) is 56.6. The molecule has 290 valence electrons. The molecular formula is C38H46ClN3O11Si. The summed E-state index contributed by atoms with van der Waals surface area (Å²) in [6.07, 6.45) is -9.95. The van der Waals surface area contributed by atoms with Crippen LogP contribution in [0.25, 0.3) is 0 Å². The molecule has 3 aliphatic heterocycles. The first-order valence-electron chi connectivity index (χ1n) is 17.8. The van der Waals surface area contributed by atoms with E-state index in [4.69, 9.17) is 21.1 Å². The van der Waals surface area contributed by atoms with Gasteiger partial charge in [-0.3, -0.25) is 14.4 Å². The van der Waals surface area contributed by atoms with E-state index in [0.717, 1.165) is 5.56 Å². The molecule has 0 unspecified atom stereocenters. The highest BCUT2D eigenvalue weighted by atomic mass is 35.5. The summed E-state index contributed by atoms with van der Waals surface area (Å²) in [5.74, 6) is -2.15. The Bertz CT molecular complexity index is 1870. The molecule has 9 atom stereocenters. The molecule has 0 bridgehead atoms. The Labute approximate surface area is 318 Å². The van der Waals surface area contributed by atoms with Crippen LogP contribution in [0.5, 0.6) is 0 Å². The number of hydrogen-bond acceptors (Lipinski definition) is 11. The number of ether oxygens (including phenoxy) is 2. The van der Waals surface area contributed by atoms with Crippen LogP contribution >= 0.6 is 11.6 Å². The van der Waals surface area contributed by atoms with Crippen molar-refractivity contribution in [3.05, 3.63) is 94.5 Å². The molecule has 54 heavy (non-hydrogen) atoms. The van der Waals surface area contributed by atoms with Gasteiger partial charge in [-0.1, -0.05) is 61.0 Å². The molecule has 16 heteroatoms. The summed E-state index contributed by atoms with van der Waals surface area (Å²) >= 11 is 6.53. The van der Waals surface area contributed by atoms with E-state index in [2.05, 4.69) is 5.32 Å². The maximum absolute atomic E-state index is 14.9. The van der Waals surface area contributed by atoms with Crippen LogP contribution in [0, 0.1) is 5.92 Å². The van der Waals surface area contributed by atoms with Crippen molar-refractivity contribution in [3.8, 4) is 0 Å². The van der Waals surface area contributed by atoms with Gasteiger partial charge in [-0.2, -0.15) is 0 Å². The topological polar surface area (TPSA) is 210 Å². The molecule has 3 aliphatic rings. The van der Waals surface area contributed by atoms with Crippen molar-refractivity contribution in [2.24, 2.45) is 5.92 Å². The highest BCUT2D eigenvalue weighted by molar-refractivity contribution is 6.71. The number of amides is 3. The Morgan fingerprint density at radius 3 is 2.35 bits per heavy atom. The van der Waals surface area contributed by atoms with Crippen molar-refractivity contribution in [3.63, 3.8) is 0 Å². The zero-order chi connectivity index (χ0) is 39.1. The van der Waals surface area contributed by atoms with Crippen LogP contribution in [0.4, 0.5) is 11.4 Å². The predicted octanol–water partition coefficient (Wildman–Crippen LogP) is 1.83. The SMILES string of the molecule is C[C@H]1[C@H]([Si](C)(C)O)[C@@H](CC(=O)N(CCO)Cc2ccccc2)O[C@]12C(=O)N(Cc1cccc(NC(=O)[C@H]3O[C@@H](O)[C@H](O)[C@@H](O)[C@@H]3O)c1)c1ccc(Cl)cc12. The van der Waals surface area contributed by atoms with Crippen LogP contribution in [0.3, 0.4) is 0 Å². The summed E-state index contributed by atoms with van der Waals surface area (Å²) in [6, 6.07) is 21.0. The number of hydrogen-bond donors (Lipinski definition) is 7. The minimum atomic E-state index is -3.12. The van der Waals surface area contributed by atoms with Crippen molar-refractivity contribution in [1.82, 2.24) is 4.90 Å². The second-order valence-corrected chi connectivity index (χ2v) is 19.2. The van der Waals surface area contributed by atoms with Crippen LogP contribution in [0.2, 0.25) is 23.7 Å². The number of carbonyl (C=O) groups excluding carboxylic acids is 3. The van der Waals surface area contributed by atoms with Crippen molar-refractivity contribution in [2.45, 2.75) is 87.5 Å². The summed E-state index contributed by atoms with van der Waals surface area (Å²) in [7, 11) is -3.12. The molecule has 7 N–H and O–H groups in total. The highest BCUT2D eigenvalue weighted by Crippen LogP contribution is 2.60. The van der Waals surface area contributed by atoms with Crippen LogP contribution < -0.4 is 10.2 Å². The average Bonchev–Trinajstić information content (AvgIpc) is 3.54. The van der Waals surface area contributed by atoms with E-state index in [1.54, 1.807) is 65.4 Å². The van der Waals surface area contributed by atoms with Gasteiger partial charge in [0, 0.05) is 40.8 Å². The van der Waals surface area contributed by atoms with E-state index >= 15 is 0 Å². The van der Waals surface area contributed by atoms with Crippen LogP contribution in [-0.2, 0) is 42.5 Å². The Kier molecular flexibility index (Phi) is 11.7. The molecule has 0 radical (unpaired) electrons. The van der Waals surface area contributed by atoms with Crippen molar-refractivity contribution >= 4 is 49.0 Å². The molecule has 2 fully saturated rings. The highest BCUT2D eigenvalue weighted by Gasteiger charge is 2.66. The lowest BCUT2D eigenvalue weighted by Gasteiger charge is -2.37. The summed E-state index contributed by atoms with van der Waals surface area (Å²) in [6.45, 7) is 5.52. The fraction of sp³-hybridized carbons (Fsp3) is 0.447. The van der Waals surface area contributed by atoms with Gasteiger partial charge in [-0.15, -0.1) is 0 Å². The minimum absolute atomic E-state index is 0.0245. The normalized spacial score (nSPS) is 29.4. The molecule has 3 aromatic rings. The molecule has 0 saturated carbocycles. The Morgan fingerprint density at radius 2 is 1.67 bits per heavy atom. The third kappa shape index (κ3) is 7.58. The first-order chi connectivity index (χ1) is 25.6. The largest absolute Gasteiger partial charge is 0.432 e. The lowest BCUT2D eigenvalue weighted by atomic mass is 9.82. The van der Waals surface area contributed by atoms with Gasteiger partial charge in [-0.25, -0.2) is 0 Å². The minimum Gasteiger partial charge on any atom is -0.432 e. The molecule has 14 nitrogen and oxygen atoms in total. The summed E-state index contributed by atoms with van der Waals surface area (Å²) < 4.78 is 11.9. The molecule has 6 rings (SSSR count). The van der Waals surface area contributed by atoms with Gasteiger partial charge in [-0.05, 0) is 54.6 Å². The zero-order valence-corrected chi connectivity index (χ0v) is 31.8. The van der Waals surface area contributed by atoms with Gasteiger partial charge in [0.1, 0.15) is 18.3 Å². The third-order valence-electron chi connectivity index (χ3n) is 10.6. The number of aliphatic hydroxyl groups is 5. The number of nitrogens with zero attached hydrogens (tertiary/aromatic N) is 2. The van der Waals surface area contributed by atoms with E-state index in [0.29, 0.717) is 21.8 Å². The third-order valence-corrected chi connectivity index (χ3v) is 13.4.